The van der Waals surface area contributed by atoms with Gasteiger partial charge in [0.05, 0.1) is 18.9 Å². The van der Waals surface area contributed by atoms with Gasteiger partial charge in [0.15, 0.2) is 5.60 Å². The molecule has 0 radical (unpaired) electrons. The molecular weight excluding hydrogens is 424 g/mol. The highest BCUT2D eigenvalue weighted by Crippen LogP contribution is 2.24. The average Bonchev–Trinajstić information content (AvgIpc) is 2.66. The van der Waals surface area contributed by atoms with E-state index in [9.17, 15) is 19.2 Å². The lowest BCUT2D eigenvalue weighted by Crippen LogP contribution is -2.50. The second-order valence-corrected chi connectivity index (χ2v) is 8.28. The SMILES string of the molecule is CC(C)(C)OC(=O)N1CCNCC1c1ccccc1.O=C(O)CC(O)(CC(=O)O)C(=O)O. The summed E-state index contributed by atoms with van der Waals surface area (Å²) in [5, 5.41) is 37.1. The van der Waals surface area contributed by atoms with Crippen LogP contribution in [-0.4, -0.2) is 80.2 Å². The van der Waals surface area contributed by atoms with Gasteiger partial charge in [0.1, 0.15) is 5.60 Å². The van der Waals surface area contributed by atoms with Crippen LogP contribution in [0.2, 0.25) is 0 Å². The number of rotatable bonds is 6. The van der Waals surface area contributed by atoms with E-state index in [1.54, 1.807) is 0 Å². The Morgan fingerprint density at radius 2 is 1.56 bits per heavy atom. The number of nitrogens with one attached hydrogen (secondary N) is 1. The van der Waals surface area contributed by atoms with Gasteiger partial charge in [-0.3, -0.25) is 14.5 Å². The van der Waals surface area contributed by atoms with Crippen molar-refractivity contribution in [3.63, 3.8) is 0 Å². The molecule has 1 aliphatic heterocycles. The first-order chi connectivity index (χ1) is 14.7. The van der Waals surface area contributed by atoms with E-state index in [1.165, 1.54) is 0 Å². The molecule has 1 aromatic carbocycles. The van der Waals surface area contributed by atoms with Crippen LogP contribution in [0.5, 0.6) is 0 Å². The van der Waals surface area contributed by atoms with Gasteiger partial charge in [-0.2, -0.15) is 0 Å². The third-order valence-electron chi connectivity index (χ3n) is 4.34. The predicted octanol–water partition coefficient (Wildman–Crippen LogP) is 1.32. The second-order valence-electron chi connectivity index (χ2n) is 8.28. The maximum absolute atomic E-state index is 12.3. The quantitative estimate of drug-likeness (QED) is 0.422. The Bertz CT molecular complexity index is 789. The van der Waals surface area contributed by atoms with Gasteiger partial charge >= 0.3 is 24.0 Å². The molecule has 5 N–H and O–H groups in total. The van der Waals surface area contributed by atoms with Gasteiger partial charge in [-0.1, -0.05) is 30.3 Å². The summed E-state index contributed by atoms with van der Waals surface area (Å²) in [5.74, 6) is -5.02. The summed E-state index contributed by atoms with van der Waals surface area (Å²) in [6, 6.07) is 10.1. The lowest BCUT2D eigenvalue weighted by atomic mass is 9.96. The zero-order valence-corrected chi connectivity index (χ0v) is 18.3. The second kappa shape index (κ2) is 11.4. The number of amides is 1. The number of piperazine rings is 1. The zero-order chi connectivity index (χ0) is 24.5. The third-order valence-corrected chi connectivity index (χ3v) is 4.34. The van der Waals surface area contributed by atoms with E-state index in [4.69, 9.17) is 25.2 Å². The number of hydrogen-bond donors (Lipinski definition) is 5. The number of benzene rings is 1. The van der Waals surface area contributed by atoms with Crippen molar-refractivity contribution in [2.24, 2.45) is 0 Å². The van der Waals surface area contributed by atoms with Crippen molar-refractivity contribution in [2.75, 3.05) is 19.6 Å². The van der Waals surface area contributed by atoms with E-state index >= 15 is 0 Å². The fourth-order valence-corrected chi connectivity index (χ4v) is 2.93. The molecule has 1 fully saturated rings. The summed E-state index contributed by atoms with van der Waals surface area (Å²) in [5.41, 5.74) is -2.05. The summed E-state index contributed by atoms with van der Waals surface area (Å²) in [4.78, 5) is 44.6. The third kappa shape index (κ3) is 8.90. The Balaban J connectivity index is 0.000000347. The lowest BCUT2D eigenvalue weighted by Gasteiger charge is -2.37. The van der Waals surface area contributed by atoms with E-state index in [-0.39, 0.29) is 12.1 Å². The standard InChI is InChI=1S/C15H22N2O2.C6H8O7/c1-15(2,3)19-14(18)17-10-9-16-11-13(17)12-7-5-4-6-8-12;7-3(8)1-6(13,5(11)12)2-4(9)10/h4-8,13,16H,9-11H2,1-3H3;13H,1-2H2,(H,7,8)(H,9,10)(H,11,12). The van der Waals surface area contributed by atoms with Crippen molar-refractivity contribution in [1.82, 2.24) is 10.2 Å². The largest absolute Gasteiger partial charge is 0.481 e. The van der Waals surface area contributed by atoms with E-state index in [1.807, 2.05) is 43.9 Å². The first-order valence-electron chi connectivity index (χ1n) is 9.90. The van der Waals surface area contributed by atoms with E-state index in [0.717, 1.165) is 18.7 Å². The predicted molar refractivity (Wildman–Crippen MR) is 112 cm³/mol. The molecule has 0 aliphatic carbocycles. The Hall–Kier alpha value is -3.18. The summed E-state index contributed by atoms with van der Waals surface area (Å²) < 4.78 is 5.49. The highest BCUT2D eigenvalue weighted by Gasteiger charge is 2.40. The molecule has 178 valence electrons. The van der Waals surface area contributed by atoms with E-state index < -0.39 is 42.0 Å². The van der Waals surface area contributed by atoms with Gasteiger partial charge in [0.2, 0.25) is 0 Å². The number of ether oxygens (including phenoxy) is 1. The van der Waals surface area contributed by atoms with Crippen LogP contribution in [0.4, 0.5) is 4.79 Å². The molecule has 2 rings (SSSR count). The van der Waals surface area contributed by atoms with Crippen LogP contribution in [0.3, 0.4) is 0 Å². The van der Waals surface area contributed by atoms with Crippen molar-refractivity contribution < 1.29 is 44.3 Å². The molecule has 1 aromatic rings. The fourth-order valence-electron chi connectivity index (χ4n) is 2.93. The van der Waals surface area contributed by atoms with Gasteiger partial charge < -0.3 is 30.5 Å². The minimum atomic E-state index is -2.74. The molecule has 1 aliphatic rings. The van der Waals surface area contributed by atoms with Crippen LogP contribution in [0.25, 0.3) is 0 Å². The molecule has 0 saturated carbocycles. The van der Waals surface area contributed by atoms with E-state index in [2.05, 4.69) is 17.4 Å². The molecule has 0 spiro atoms. The first-order valence-corrected chi connectivity index (χ1v) is 9.90. The normalized spacial score (nSPS) is 16.4. The Labute approximate surface area is 185 Å². The molecule has 1 heterocycles. The number of carbonyl (C=O) groups excluding carboxylic acids is 1. The topological polar surface area (TPSA) is 174 Å². The van der Waals surface area contributed by atoms with Crippen LogP contribution in [0.1, 0.15) is 45.2 Å². The lowest BCUT2D eigenvalue weighted by molar-refractivity contribution is -0.170. The van der Waals surface area contributed by atoms with Crippen molar-refractivity contribution in [1.29, 1.82) is 0 Å². The summed E-state index contributed by atoms with van der Waals surface area (Å²) in [7, 11) is 0. The highest BCUT2D eigenvalue weighted by molar-refractivity contribution is 5.88. The maximum atomic E-state index is 12.3. The number of nitrogens with zero attached hydrogens (tertiary/aromatic N) is 1. The molecule has 32 heavy (non-hydrogen) atoms. The van der Waals surface area contributed by atoms with Crippen molar-refractivity contribution in [3.05, 3.63) is 35.9 Å². The fraction of sp³-hybridized carbons (Fsp3) is 0.524. The van der Waals surface area contributed by atoms with Crippen molar-refractivity contribution in [3.8, 4) is 0 Å². The van der Waals surface area contributed by atoms with Crippen LogP contribution in [-0.2, 0) is 19.1 Å². The molecule has 1 saturated heterocycles. The van der Waals surface area contributed by atoms with Crippen LogP contribution >= 0.6 is 0 Å². The van der Waals surface area contributed by atoms with Gasteiger partial charge in [-0.05, 0) is 26.3 Å². The number of aliphatic hydroxyl groups is 1. The van der Waals surface area contributed by atoms with Gasteiger partial charge in [-0.25, -0.2) is 9.59 Å². The number of carboxylic acids is 3. The van der Waals surface area contributed by atoms with Crippen molar-refractivity contribution >= 4 is 24.0 Å². The maximum Gasteiger partial charge on any atom is 0.410 e. The minimum absolute atomic E-state index is 0.0461. The number of carboxylic acid groups (broad SMARTS) is 3. The van der Waals surface area contributed by atoms with Crippen LogP contribution in [0.15, 0.2) is 30.3 Å². The zero-order valence-electron chi connectivity index (χ0n) is 18.3. The molecule has 1 atom stereocenters. The molecule has 0 aromatic heterocycles. The smallest absolute Gasteiger partial charge is 0.410 e. The Morgan fingerprint density at radius 1 is 1.03 bits per heavy atom. The molecule has 11 nitrogen and oxygen atoms in total. The van der Waals surface area contributed by atoms with Crippen LogP contribution in [0, 0.1) is 0 Å². The summed E-state index contributed by atoms with van der Waals surface area (Å²) in [6.07, 6.45) is -2.52. The molecule has 1 unspecified atom stereocenters. The van der Waals surface area contributed by atoms with Crippen molar-refractivity contribution in [2.45, 2.75) is 50.9 Å². The van der Waals surface area contributed by atoms with Gasteiger partial charge in [0.25, 0.3) is 0 Å². The minimum Gasteiger partial charge on any atom is -0.481 e. The number of carbonyl (C=O) groups is 4. The number of aliphatic carboxylic acids is 3. The monoisotopic (exact) mass is 454 g/mol. The summed E-state index contributed by atoms with van der Waals surface area (Å²) in [6.45, 7) is 7.93. The first kappa shape index (κ1) is 26.9. The summed E-state index contributed by atoms with van der Waals surface area (Å²) >= 11 is 0. The Kier molecular flexibility index (Phi) is 9.60. The molecule has 11 heteroatoms. The van der Waals surface area contributed by atoms with Gasteiger partial charge in [-0.15, -0.1) is 0 Å². The highest BCUT2D eigenvalue weighted by atomic mass is 16.6. The van der Waals surface area contributed by atoms with E-state index in [0.29, 0.717) is 6.54 Å². The van der Waals surface area contributed by atoms with Gasteiger partial charge in [0, 0.05) is 19.6 Å². The van der Waals surface area contributed by atoms with Crippen LogP contribution < -0.4 is 5.32 Å². The average molecular weight is 454 g/mol. The Morgan fingerprint density at radius 3 is 2.00 bits per heavy atom. The molecule has 0 bridgehead atoms. The molecular formula is C21H30N2O9. The molecule has 1 amide bonds. The number of hydrogen-bond acceptors (Lipinski definition) is 7.